The van der Waals surface area contributed by atoms with Crippen LogP contribution in [0.5, 0.6) is 0 Å². The van der Waals surface area contributed by atoms with Crippen LogP contribution in [0.3, 0.4) is 0 Å². The van der Waals surface area contributed by atoms with Gasteiger partial charge >= 0.3 is 0 Å². The number of rotatable bonds is 7. The van der Waals surface area contributed by atoms with Crippen molar-refractivity contribution in [1.82, 2.24) is 18.8 Å². The first-order valence-corrected chi connectivity index (χ1v) is 12.9. The van der Waals surface area contributed by atoms with Crippen LogP contribution in [0, 0.1) is 0 Å². The maximum atomic E-state index is 12.3. The van der Waals surface area contributed by atoms with Crippen LogP contribution in [0.4, 0.5) is 5.95 Å². The molecule has 10 nitrogen and oxygen atoms in total. The zero-order chi connectivity index (χ0) is 21.2. The number of hydrogen-bond donors (Lipinski definition) is 2. The number of hydrogen-bond acceptors (Lipinski definition) is 7. The minimum Gasteiger partial charge on any atom is -0.351 e. The largest absolute Gasteiger partial charge is 0.351 e. The molecule has 3 heterocycles. The summed E-state index contributed by atoms with van der Waals surface area (Å²) in [5.41, 5.74) is 0.0936. The molecule has 1 aliphatic heterocycles. The molecule has 2 aromatic heterocycles. The summed E-state index contributed by atoms with van der Waals surface area (Å²) in [6.45, 7) is 1.42. The predicted molar refractivity (Wildman–Crippen MR) is 114 cm³/mol. The van der Waals surface area contributed by atoms with Crippen molar-refractivity contribution in [1.29, 1.82) is 0 Å². The van der Waals surface area contributed by atoms with Gasteiger partial charge in [-0.1, -0.05) is 0 Å². The number of nitrogens with zero attached hydrogens (tertiary/aromatic N) is 4. The van der Waals surface area contributed by atoms with E-state index in [-0.39, 0.29) is 24.6 Å². The Morgan fingerprint density at radius 1 is 1.28 bits per heavy atom. The van der Waals surface area contributed by atoms with E-state index in [4.69, 9.17) is 4.55 Å². The molecule has 160 valence electrons. The molecule has 0 aromatic carbocycles. The molecule has 2 N–H and O–H groups in total. The van der Waals surface area contributed by atoms with Crippen molar-refractivity contribution >= 4 is 42.7 Å². The number of nitrogens with one attached hydrogen (secondary N) is 1. The van der Waals surface area contributed by atoms with Gasteiger partial charge in [-0.3, -0.25) is 18.1 Å². The van der Waals surface area contributed by atoms with Crippen molar-refractivity contribution in [2.75, 3.05) is 30.4 Å². The monoisotopic (exact) mass is 443 g/mol. The highest BCUT2D eigenvalue weighted by Gasteiger charge is 2.22. The second-order valence-corrected chi connectivity index (χ2v) is 11.2. The summed E-state index contributed by atoms with van der Waals surface area (Å²) in [6.07, 6.45) is 4.85. The second-order valence-electron chi connectivity index (χ2n) is 7.24. The standard InChI is InChI=1S/C17H25N5O5S2/c1-28(2,24)21-9-6-14(7-10-21)19-17-18-12-13-4-5-15(23)22(16(13)20-17)8-3-11-29(25,26)27/h4-5,12,14H,1,3,6-11H2,2H3,(H,18,19,20)(H,25,26,27). The summed E-state index contributed by atoms with van der Waals surface area (Å²) < 4.78 is 46.1. The third-order valence-electron chi connectivity index (χ3n) is 4.84. The number of pyridine rings is 1. The van der Waals surface area contributed by atoms with E-state index in [0.29, 0.717) is 30.1 Å². The summed E-state index contributed by atoms with van der Waals surface area (Å²) in [4.78, 5) is 21.0. The predicted octanol–water partition coefficient (Wildman–Crippen LogP) is 0.207. The second kappa shape index (κ2) is 8.38. The summed E-state index contributed by atoms with van der Waals surface area (Å²) in [5, 5.41) is 3.91. The van der Waals surface area contributed by atoms with Gasteiger partial charge in [0.2, 0.25) is 5.95 Å². The highest BCUT2D eigenvalue weighted by atomic mass is 32.2. The van der Waals surface area contributed by atoms with Gasteiger partial charge in [0.1, 0.15) is 5.65 Å². The van der Waals surface area contributed by atoms with E-state index in [1.54, 1.807) is 18.5 Å². The van der Waals surface area contributed by atoms with E-state index >= 15 is 0 Å². The highest BCUT2D eigenvalue weighted by molar-refractivity contribution is 7.97. The van der Waals surface area contributed by atoms with Gasteiger partial charge in [-0.2, -0.15) is 13.4 Å². The zero-order valence-electron chi connectivity index (χ0n) is 16.2. The van der Waals surface area contributed by atoms with Crippen LogP contribution in [-0.2, 0) is 26.4 Å². The number of aryl methyl sites for hydroxylation is 1. The van der Waals surface area contributed by atoms with Crippen LogP contribution >= 0.6 is 0 Å². The molecular weight excluding hydrogens is 418 g/mol. The molecule has 0 spiro atoms. The van der Waals surface area contributed by atoms with Crippen LogP contribution in [0.1, 0.15) is 19.3 Å². The smallest absolute Gasteiger partial charge is 0.264 e. The lowest BCUT2D eigenvalue weighted by Gasteiger charge is -2.32. The van der Waals surface area contributed by atoms with Crippen molar-refractivity contribution < 1.29 is 17.2 Å². The molecule has 0 saturated carbocycles. The van der Waals surface area contributed by atoms with Crippen molar-refractivity contribution in [2.24, 2.45) is 0 Å². The summed E-state index contributed by atoms with van der Waals surface area (Å²) in [5.74, 6) is 3.66. The maximum absolute atomic E-state index is 12.3. The first-order valence-electron chi connectivity index (χ1n) is 9.18. The molecule has 1 fully saturated rings. The van der Waals surface area contributed by atoms with Gasteiger partial charge in [-0.25, -0.2) is 9.29 Å². The van der Waals surface area contributed by atoms with Crippen LogP contribution < -0.4 is 10.9 Å². The molecule has 3 rings (SSSR count). The summed E-state index contributed by atoms with van der Waals surface area (Å²) >= 11 is 0. The number of piperidine rings is 1. The van der Waals surface area contributed by atoms with Crippen molar-refractivity contribution in [3.8, 4) is 0 Å². The van der Waals surface area contributed by atoms with Crippen molar-refractivity contribution in [2.45, 2.75) is 31.8 Å². The van der Waals surface area contributed by atoms with Gasteiger partial charge in [0.05, 0.1) is 5.75 Å². The van der Waals surface area contributed by atoms with Gasteiger partial charge in [0, 0.05) is 59.3 Å². The first kappa shape index (κ1) is 21.7. The molecule has 0 aliphatic carbocycles. The first-order chi connectivity index (χ1) is 13.5. The minimum absolute atomic E-state index is 0.0877. The fraction of sp³-hybridized carbons (Fsp3) is 0.529. The average Bonchev–Trinajstić information content (AvgIpc) is 2.62. The Hall–Kier alpha value is -2.02. The molecule has 0 bridgehead atoms. The molecule has 0 radical (unpaired) electrons. The molecule has 0 amide bonds. The number of aromatic nitrogens is 3. The lowest BCUT2D eigenvalue weighted by molar-refractivity contribution is 0.345. The Morgan fingerprint density at radius 2 is 1.97 bits per heavy atom. The summed E-state index contributed by atoms with van der Waals surface area (Å²) in [7, 11) is -6.30. The van der Waals surface area contributed by atoms with E-state index in [9.17, 15) is 17.4 Å². The Kier molecular flexibility index (Phi) is 6.27. The molecule has 2 aromatic rings. The molecular formula is C17H25N5O5S2. The van der Waals surface area contributed by atoms with Crippen molar-refractivity contribution in [3.05, 3.63) is 28.7 Å². The average molecular weight is 444 g/mol. The zero-order valence-corrected chi connectivity index (χ0v) is 17.8. The molecule has 1 atom stereocenters. The van der Waals surface area contributed by atoms with Crippen LogP contribution in [0.2, 0.25) is 0 Å². The van der Waals surface area contributed by atoms with E-state index in [0.717, 1.165) is 12.8 Å². The Morgan fingerprint density at radius 3 is 2.59 bits per heavy atom. The fourth-order valence-corrected chi connectivity index (χ4v) is 4.81. The van der Waals surface area contributed by atoms with Crippen LogP contribution in [-0.4, -0.2) is 73.0 Å². The Labute approximate surface area is 169 Å². The Balaban J connectivity index is 1.77. The quantitative estimate of drug-likeness (QED) is 0.458. The van der Waals surface area contributed by atoms with E-state index in [2.05, 4.69) is 21.2 Å². The third kappa shape index (κ3) is 5.75. The lowest BCUT2D eigenvalue weighted by Crippen LogP contribution is -2.42. The van der Waals surface area contributed by atoms with Crippen LogP contribution in [0.15, 0.2) is 23.1 Å². The lowest BCUT2D eigenvalue weighted by atomic mass is 10.1. The minimum atomic E-state index is -4.09. The van der Waals surface area contributed by atoms with E-state index < -0.39 is 25.6 Å². The number of anilines is 1. The molecule has 29 heavy (non-hydrogen) atoms. The maximum Gasteiger partial charge on any atom is 0.264 e. The van der Waals surface area contributed by atoms with Gasteiger partial charge in [0.25, 0.3) is 15.7 Å². The molecule has 12 heteroatoms. The van der Waals surface area contributed by atoms with Gasteiger partial charge in [-0.05, 0) is 31.2 Å². The van der Waals surface area contributed by atoms with Gasteiger partial charge in [-0.15, -0.1) is 0 Å². The van der Waals surface area contributed by atoms with E-state index in [1.807, 2.05) is 4.31 Å². The highest BCUT2D eigenvalue weighted by Crippen LogP contribution is 2.18. The van der Waals surface area contributed by atoms with Crippen molar-refractivity contribution in [3.63, 3.8) is 0 Å². The van der Waals surface area contributed by atoms with Gasteiger partial charge in [0.15, 0.2) is 0 Å². The molecule has 1 saturated heterocycles. The topological polar surface area (TPSA) is 134 Å². The SMILES string of the molecule is C=S(C)(=O)N1CCC(Nc2ncc3ccc(=O)n(CCCS(=O)(=O)O)c3n2)CC1. The fourth-order valence-electron chi connectivity index (χ4n) is 3.33. The van der Waals surface area contributed by atoms with Crippen LogP contribution in [0.25, 0.3) is 11.0 Å². The number of fused-ring (bicyclic) bond motifs is 1. The molecule has 1 unspecified atom stereocenters. The Bertz CT molecular complexity index is 1150. The van der Waals surface area contributed by atoms with Gasteiger partial charge < -0.3 is 5.32 Å². The third-order valence-corrected chi connectivity index (χ3v) is 7.10. The molecule has 1 aliphatic rings. The van der Waals surface area contributed by atoms with E-state index in [1.165, 1.54) is 10.6 Å². The summed E-state index contributed by atoms with van der Waals surface area (Å²) in [6, 6.07) is 3.10. The normalized spacial score (nSPS) is 18.6.